The van der Waals surface area contributed by atoms with Crippen LogP contribution in [0.5, 0.6) is 5.75 Å². The van der Waals surface area contributed by atoms with Crippen molar-refractivity contribution >= 4 is 0 Å². The topological polar surface area (TPSA) is 44.5 Å². The van der Waals surface area contributed by atoms with E-state index in [1.165, 1.54) is 0 Å². The Balaban J connectivity index is 2.24. The first-order valence-electron chi connectivity index (χ1n) is 6.30. The molecule has 0 fully saturated rings. The van der Waals surface area contributed by atoms with Crippen LogP contribution in [0.3, 0.4) is 0 Å². The van der Waals surface area contributed by atoms with Crippen molar-refractivity contribution < 1.29 is 9.47 Å². The predicted octanol–water partition coefficient (Wildman–Crippen LogP) is 2.90. The Kier molecular flexibility index (Phi) is 6.67. The predicted molar refractivity (Wildman–Crippen MR) is 70.3 cm³/mol. The Morgan fingerprint density at radius 2 is 2.06 bits per heavy atom. The fourth-order valence-corrected chi connectivity index (χ4v) is 1.45. The van der Waals surface area contributed by atoms with Crippen molar-refractivity contribution in [2.24, 2.45) is 5.73 Å². The van der Waals surface area contributed by atoms with Crippen LogP contribution in [0.1, 0.15) is 38.3 Å². The molecule has 2 N–H and O–H groups in total. The molecule has 1 rings (SSSR count). The Bertz CT molecular complexity index is 313. The van der Waals surface area contributed by atoms with Gasteiger partial charge in [0.2, 0.25) is 0 Å². The summed E-state index contributed by atoms with van der Waals surface area (Å²) < 4.78 is 11.0. The van der Waals surface area contributed by atoms with Gasteiger partial charge in [0.05, 0.1) is 6.61 Å². The van der Waals surface area contributed by atoms with Gasteiger partial charge in [0.25, 0.3) is 0 Å². The van der Waals surface area contributed by atoms with Gasteiger partial charge >= 0.3 is 0 Å². The lowest BCUT2D eigenvalue weighted by Gasteiger charge is -2.10. The van der Waals surface area contributed by atoms with E-state index in [4.69, 9.17) is 15.2 Å². The van der Waals surface area contributed by atoms with E-state index in [-0.39, 0.29) is 6.04 Å². The quantitative estimate of drug-likeness (QED) is 0.707. The van der Waals surface area contributed by atoms with Crippen molar-refractivity contribution in [3.63, 3.8) is 0 Å². The van der Waals surface area contributed by atoms with Gasteiger partial charge in [-0.05, 0) is 31.0 Å². The molecule has 0 bridgehead atoms. The van der Waals surface area contributed by atoms with Crippen molar-refractivity contribution in [3.8, 4) is 5.75 Å². The minimum absolute atomic E-state index is 0.0411. The average Bonchev–Trinajstić information content (AvgIpc) is 2.34. The lowest BCUT2D eigenvalue weighted by atomic mass is 10.1. The van der Waals surface area contributed by atoms with Crippen molar-refractivity contribution in [1.82, 2.24) is 0 Å². The fraction of sp³-hybridized carbons (Fsp3) is 0.571. The third-order valence-corrected chi connectivity index (χ3v) is 2.52. The maximum absolute atomic E-state index is 5.81. The monoisotopic (exact) mass is 237 g/mol. The van der Waals surface area contributed by atoms with Gasteiger partial charge in [0.15, 0.2) is 0 Å². The molecule has 0 aliphatic carbocycles. The molecule has 0 radical (unpaired) electrons. The summed E-state index contributed by atoms with van der Waals surface area (Å²) in [6, 6.07) is 7.94. The molecule has 0 saturated heterocycles. The van der Waals surface area contributed by atoms with Crippen molar-refractivity contribution in [2.75, 3.05) is 19.8 Å². The molecule has 3 nitrogen and oxygen atoms in total. The second kappa shape index (κ2) is 8.09. The van der Waals surface area contributed by atoms with Gasteiger partial charge in [-0.3, -0.25) is 0 Å². The molecule has 1 aromatic rings. The number of hydrogen-bond acceptors (Lipinski definition) is 3. The molecule has 0 unspecified atom stereocenters. The number of hydrogen-bond donors (Lipinski definition) is 1. The largest absolute Gasteiger partial charge is 0.491 e. The van der Waals surface area contributed by atoms with Crippen LogP contribution in [0.4, 0.5) is 0 Å². The number of unbranched alkanes of at least 4 members (excludes halogenated alkanes) is 1. The van der Waals surface area contributed by atoms with E-state index >= 15 is 0 Å². The number of rotatable bonds is 8. The summed E-state index contributed by atoms with van der Waals surface area (Å²) in [5.41, 5.74) is 6.90. The van der Waals surface area contributed by atoms with E-state index in [0.29, 0.717) is 13.2 Å². The molecule has 0 saturated carbocycles. The van der Waals surface area contributed by atoms with Crippen LogP contribution in [-0.4, -0.2) is 19.8 Å². The van der Waals surface area contributed by atoms with E-state index in [1.54, 1.807) is 0 Å². The van der Waals surface area contributed by atoms with E-state index in [1.807, 2.05) is 31.2 Å². The van der Waals surface area contributed by atoms with Gasteiger partial charge in [-0.2, -0.15) is 0 Å². The first-order chi connectivity index (χ1) is 8.24. The second-order valence-electron chi connectivity index (χ2n) is 4.18. The summed E-state index contributed by atoms with van der Waals surface area (Å²) in [6.07, 6.45) is 2.28. The molecule has 0 spiro atoms. The molecule has 0 aliphatic heterocycles. The lowest BCUT2D eigenvalue weighted by Crippen LogP contribution is -2.08. The molecule has 1 atom stereocenters. The molecule has 0 amide bonds. The first-order valence-corrected chi connectivity index (χ1v) is 6.30. The molecule has 3 heteroatoms. The second-order valence-corrected chi connectivity index (χ2v) is 4.18. The highest BCUT2D eigenvalue weighted by atomic mass is 16.5. The molecular formula is C14H23NO2. The molecule has 17 heavy (non-hydrogen) atoms. The molecule has 0 aromatic heterocycles. The van der Waals surface area contributed by atoms with Gasteiger partial charge in [-0.1, -0.05) is 25.5 Å². The van der Waals surface area contributed by atoms with E-state index in [2.05, 4.69) is 6.92 Å². The van der Waals surface area contributed by atoms with Crippen LogP contribution in [0.15, 0.2) is 24.3 Å². The molecule has 0 aliphatic rings. The van der Waals surface area contributed by atoms with Crippen molar-refractivity contribution in [1.29, 1.82) is 0 Å². The zero-order valence-corrected chi connectivity index (χ0v) is 10.8. The SMILES string of the molecule is CCCCOCCOc1cccc([C@H](C)N)c1. The Morgan fingerprint density at radius 3 is 2.76 bits per heavy atom. The zero-order valence-electron chi connectivity index (χ0n) is 10.8. The van der Waals surface area contributed by atoms with Crippen LogP contribution in [0, 0.1) is 0 Å². The van der Waals surface area contributed by atoms with Crippen LogP contribution in [0.25, 0.3) is 0 Å². The highest BCUT2D eigenvalue weighted by molar-refractivity contribution is 5.30. The average molecular weight is 237 g/mol. The van der Waals surface area contributed by atoms with Crippen LogP contribution in [0.2, 0.25) is 0 Å². The van der Waals surface area contributed by atoms with Crippen molar-refractivity contribution in [3.05, 3.63) is 29.8 Å². The molecular weight excluding hydrogens is 214 g/mol. The van der Waals surface area contributed by atoms with E-state index in [9.17, 15) is 0 Å². The third-order valence-electron chi connectivity index (χ3n) is 2.52. The smallest absolute Gasteiger partial charge is 0.119 e. The summed E-state index contributed by atoms with van der Waals surface area (Å²) in [7, 11) is 0. The van der Waals surface area contributed by atoms with Gasteiger partial charge in [-0.15, -0.1) is 0 Å². The standard InChI is InChI=1S/C14H23NO2/c1-3-4-8-16-9-10-17-14-7-5-6-13(11-14)12(2)15/h5-7,11-12H,3-4,8-10,15H2,1-2H3/t12-/m0/s1. The summed E-state index contributed by atoms with van der Waals surface area (Å²) in [5, 5.41) is 0. The summed E-state index contributed by atoms with van der Waals surface area (Å²) in [5.74, 6) is 0.860. The highest BCUT2D eigenvalue weighted by Crippen LogP contribution is 2.17. The Labute approximate surface area is 104 Å². The van der Waals surface area contributed by atoms with Gasteiger partial charge < -0.3 is 15.2 Å². The molecule has 96 valence electrons. The molecule has 0 heterocycles. The maximum Gasteiger partial charge on any atom is 0.119 e. The van der Waals surface area contributed by atoms with E-state index < -0.39 is 0 Å². The maximum atomic E-state index is 5.81. The number of ether oxygens (including phenoxy) is 2. The van der Waals surface area contributed by atoms with Gasteiger partial charge in [0, 0.05) is 12.6 Å². The number of nitrogens with two attached hydrogens (primary N) is 1. The highest BCUT2D eigenvalue weighted by Gasteiger charge is 2.00. The number of benzene rings is 1. The lowest BCUT2D eigenvalue weighted by molar-refractivity contribution is 0.0980. The normalized spacial score (nSPS) is 12.4. The minimum atomic E-state index is 0.0411. The van der Waals surface area contributed by atoms with Gasteiger partial charge in [-0.25, -0.2) is 0 Å². The summed E-state index contributed by atoms with van der Waals surface area (Å²) in [6.45, 7) is 6.17. The van der Waals surface area contributed by atoms with Gasteiger partial charge in [0.1, 0.15) is 12.4 Å². The Hall–Kier alpha value is -1.06. The minimum Gasteiger partial charge on any atom is -0.491 e. The molecule has 1 aromatic carbocycles. The zero-order chi connectivity index (χ0) is 12.5. The van der Waals surface area contributed by atoms with Crippen LogP contribution < -0.4 is 10.5 Å². The first kappa shape index (κ1) is 14.0. The summed E-state index contributed by atoms with van der Waals surface area (Å²) >= 11 is 0. The third kappa shape index (κ3) is 5.71. The van der Waals surface area contributed by atoms with E-state index in [0.717, 1.165) is 30.8 Å². The fourth-order valence-electron chi connectivity index (χ4n) is 1.45. The Morgan fingerprint density at radius 1 is 1.24 bits per heavy atom. The van der Waals surface area contributed by atoms with Crippen LogP contribution >= 0.6 is 0 Å². The van der Waals surface area contributed by atoms with Crippen molar-refractivity contribution in [2.45, 2.75) is 32.7 Å². The van der Waals surface area contributed by atoms with Crippen LogP contribution in [-0.2, 0) is 4.74 Å². The summed E-state index contributed by atoms with van der Waals surface area (Å²) in [4.78, 5) is 0.